The maximum absolute atomic E-state index is 5.27. The first kappa shape index (κ1) is 20.7. The van der Waals surface area contributed by atoms with Crippen LogP contribution < -0.4 is 0 Å². The van der Waals surface area contributed by atoms with E-state index in [1.165, 1.54) is 20.2 Å². The molecule has 0 aliphatic heterocycles. The highest BCUT2D eigenvalue weighted by molar-refractivity contribution is 7.97. The Balaban J connectivity index is 1.84. The minimum absolute atomic E-state index is 0.0828. The van der Waals surface area contributed by atoms with E-state index in [1.54, 1.807) is 7.11 Å². The van der Waals surface area contributed by atoms with E-state index in [1.807, 2.05) is 0 Å². The number of rotatable bonds is 9. The summed E-state index contributed by atoms with van der Waals surface area (Å²) in [6, 6.07) is 31.3. The van der Waals surface area contributed by atoms with Crippen LogP contribution in [-0.4, -0.2) is 31.2 Å². The summed E-state index contributed by atoms with van der Waals surface area (Å²) < 4.78 is 5.27. The van der Waals surface area contributed by atoms with Crippen LogP contribution in [0.2, 0.25) is 0 Å². The normalized spacial score (nSPS) is 11.5. The van der Waals surface area contributed by atoms with Gasteiger partial charge in [0.05, 0.1) is 17.5 Å². The standard InChI is InChI=1S/C25H30NOS/c1-21(2)26(18-19-27-3)20-22-14-16-25(17-15-22)28(23-10-6-4-7-11-23)24-12-8-5-9-13-24/h4-17,21H,18-20H2,1-3H3/q+1. The Morgan fingerprint density at radius 1 is 0.750 bits per heavy atom. The Bertz CT molecular complexity index is 779. The van der Waals surface area contributed by atoms with Crippen LogP contribution in [0.4, 0.5) is 0 Å². The number of hydrogen-bond acceptors (Lipinski definition) is 2. The van der Waals surface area contributed by atoms with Crippen molar-refractivity contribution in [2.45, 2.75) is 41.1 Å². The molecular formula is C25H30NOS+. The highest BCUT2D eigenvalue weighted by Crippen LogP contribution is 2.31. The van der Waals surface area contributed by atoms with Crippen LogP contribution in [0.15, 0.2) is 99.6 Å². The third-order valence-corrected chi connectivity index (χ3v) is 7.05. The van der Waals surface area contributed by atoms with Crippen LogP contribution in [-0.2, 0) is 22.2 Å². The molecule has 0 aliphatic carbocycles. The Hall–Kier alpha value is -2.07. The lowest BCUT2D eigenvalue weighted by Gasteiger charge is -2.26. The molecule has 3 aromatic rings. The number of ether oxygens (including phenoxy) is 1. The molecule has 0 aromatic heterocycles. The van der Waals surface area contributed by atoms with E-state index >= 15 is 0 Å². The van der Waals surface area contributed by atoms with E-state index in [0.29, 0.717) is 6.04 Å². The molecule has 2 nitrogen and oxygen atoms in total. The second-order valence-electron chi connectivity index (χ2n) is 7.13. The van der Waals surface area contributed by atoms with Gasteiger partial charge in [-0.25, -0.2) is 0 Å². The van der Waals surface area contributed by atoms with Crippen LogP contribution >= 0.6 is 0 Å². The molecule has 3 aromatic carbocycles. The van der Waals surface area contributed by atoms with Crippen molar-refractivity contribution >= 4 is 10.9 Å². The lowest BCUT2D eigenvalue weighted by molar-refractivity contribution is 0.125. The van der Waals surface area contributed by atoms with E-state index in [4.69, 9.17) is 4.74 Å². The first-order valence-corrected chi connectivity index (χ1v) is 11.1. The first-order chi connectivity index (χ1) is 13.7. The molecule has 0 unspecified atom stereocenters. The van der Waals surface area contributed by atoms with E-state index < -0.39 is 0 Å². The quantitative estimate of drug-likeness (QED) is 0.437. The maximum atomic E-state index is 5.27. The zero-order chi connectivity index (χ0) is 19.8. The van der Waals surface area contributed by atoms with Crippen molar-refractivity contribution in [3.05, 3.63) is 90.5 Å². The van der Waals surface area contributed by atoms with Gasteiger partial charge in [-0.3, -0.25) is 4.90 Å². The minimum atomic E-state index is -0.0828. The lowest BCUT2D eigenvalue weighted by atomic mass is 10.2. The fourth-order valence-corrected chi connectivity index (χ4v) is 5.30. The predicted octanol–water partition coefficient (Wildman–Crippen LogP) is 5.64. The largest absolute Gasteiger partial charge is 0.383 e. The molecule has 0 saturated heterocycles. The van der Waals surface area contributed by atoms with Crippen LogP contribution in [0.25, 0.3) is 0 Å². The highest BCUT2D eigenvalue weighted by Gasteiger charge is 2.28. The van der Waals surface area contributed by atoms with Gasteiger partial charge < -0.3 is 4.74 Å². The van der Waals surface area contributed by atoms with Gasteiger partial charge >= 0.3 is 0 Å². The average Bonchev–Trinajstić information content (AvgIpc) is 2.74. The van der Waals surface area contributed by atoms with E-state index in [-0.39, 0.29) is 10.9 Å². The molecule has 0 spiro atoms. The molecule has 0 heterocycles. The summed E-state index contributed by atoms with van der Waals surface area (Å²) in [4.78, 5) is 6.51. The molecule has 28 heavy (non-hydrogen) atoms. The van der Waals surface area contributed by atoms with Crippen molar-refractivity contribution in [1.29, 1.82) is 0 Å². The average molecular weight is 393 g/mol. The fraction of sp³-hybridized carbons (Fsp3) is 0.280. The van der Waals surface area contributed by atoms with Gasteiger partial charge in [-0.05, 0) is 55.8 Å². The van der Waals surface area contributed by atoms with Crippen LogP contribution in [0.5, 0.6) is 0 Å². The van der Waals surface area contributed by atoms with Gasteiger partial charge in [0.2, 0.25) is 0 Å². The van der Waals surface area contributed by atoms with Crippen LogP contribution in [0, 0.1) is 0 Å². The molecule has 0 N–H and O–H groups in total. The molecule has 3 rings (SSSR count). The van der Waals surface area contributed by atoms with Crippen LogP contribution in [0.3, 0.4) is 0 Å². The van der Waals surface area contributed by atoms with Crippen molar-refractivity contribution in [3.63, 3.8) is 0 Å². The number of benzene rings is 3. The van der Waals surface area contributed by atoms with E-state index in [0.717, 1.165) is 19.7 Å². The Labute approximate surface area is 172 Å². The third-order valence-electron chi connectivity index (χ3n) is 4.82. The van der Waals surface area contributed by atoms with E-state index in [2.05, 4.69) is 104 Å². The summed E-state index contributed by atoms with van der Waals surface area (Å²) >= 11 is 0. The molecule has 0 atom stereocenters. The summed E-state index contributed by atoms with van der Waals surface area (Å²) in [6.07, 6.45) is 0. The van der Waals surface area contributed by atoms with Gasteiger partial charge in [0.1, 0.15) is 0 Å². The van der Waals surface area contributed by atoms with E-state index in [9.17, 15) is 0 Å². The van der Waals surface area contributed by atoms with Gasteiger partial charge in [0.15, 0.2) is 14.7 Å². The molecule has 0 radical (unpaired) electrons. The van der Waals surface area contributed by atoms with Crippen molar-refractivity contribution in [2.24, 2.45) is 0 Å². The Morgan fingerprint density at radius 3 is 1.71 bits per heavy atom. The van der Waals surface area contributed by atoms with Gasteiger partial charge in [0.25, 0.3) is 0 Å². The summed E-state index contributed by atoms with van der Waals surface area (Å²) in [5, 5.41) is 0. The summed E-state index contributed by atoms with van der Waals surface area (Å²) in [5.74, 6) is 0. The second-order valence-corrected chi connectivity index (χ2v) is 9.16. The zero-order valence-corrected chi connectivity index (χ0v) is 17.9. The van der Waals surface area contributed by atoms with Gasteiger partial charge in [-0.2, -0.15) is 0 Å². The Kier molecular flexibility index (Phi) is 7.72. The molecule has 0 amide bonds. The van der Waals surface area contributed by atoms with Crippen molar-refractivity contribution < 1.29 is 4.74 Å². The first-order valence-electron chi connectivity index (χ1n) is 9.85. The van der Waals surface area contributed by atoms with Crippen molar-refractivity contribution in [2.75, 3.05) is 20.3 Å². The summed E-state index contributed by atoms with van der Waals surface area (Å²) in [6.45, 7) is 7.15. The topological polar surface area (TPSA) is 12.5 Å². The summed E-state index contributed by atoms with van der Waals surface area (Å²) in [7, 11) is 1.68. The number of methoxy groups -OCH3 is 1. The molecule has 0 aliphatic rings. The molecule has 3 heteroatoms. The zero-order valence-electron chi connectivity index (χ0n) is 17.0. The maximum Gasteiger partial charge on any atom is 0.166 e. The SMILES string of the molecule is COCCN(Cc1ccc([S+](c2ccccc2)c2ccccc2)cc1)C(C)C. The van der Waals surface area contributed by atoms with Crippen LogP contribution in [0.1, 0.15) is 19.4 Å². The molecule has 0 saturated carbocycles. The summed E-state index contributed by atoms with van der Waals surface area (Å²) in [5.41, 5.74) is 1.35. The lowest BCUT2D eigenvalue weighted by Crippen LogP contribution is -2.33. The molecule has 0 bridgehead atoms. The number of hydrogen-bond donors (Lipinski definition) is 0. The smallest absolute Gasteiger partial charge is 0.166 e. The van der Waals surface area contributed by atoms with Gasteiger partial charge in [-0.15, -0.1) is 0 Å². The molecular weight excluding hydrogens is 362 g/mol. The van der Waals surface area contributed by atoms with Gasteiger partial charge in [0, 0.05) is 26.2 Å². The Morgan fingerprint density at radius 2 is 1.25 bits per heavy atom. The van der Waals surface area contributed by atoms with Gasteiger partial charge in [-0.1, -0.05) is 48.5 Å². The highest BCUT2D eigenvalue weighted by atomic mass is 32.2. The molecule has 146 valence electrons. The van der Waals surface area contributed by atoms with Crippen molar-refractivity contribution in [3.8, 4) is 0 Å². The fourth-order valence-electron chi connectivity index (χ4n) is 3.22. The molecule has 0 fully saturated rings. The second kappa shape index (κ2) is 10.5. The van der Waals surface area contributed by atoms with Crippen molar-refractivity contribution in [1.82, 2.24) is 4.90 Å². The minimum Gasteiger partial charge on any atom is -0.383 e. The number of nitrogens with zero attached hydrogens (tertiary/aromatic N) is 1. The monoisotopic (exact) mass is 392 g/mol. The predicted molar refractivity (Wildman–Crippen MR) is 119 cm³/mol. The third kappa shape index (κ3) is 5.48.